The van der Waals surface area contributed by atoms with Gasteiger partial charge in [0.05, 0.1) is 12.7 Å². The second-order valence-corrected chi connectivity index (χ2v) is 11.9. The molecule has 0 aromatic carbocycles. The van der Waals surface area contributed by atoms with Crippen LogP contribution in [0.15, 0.2) is 11.1 Å². The van der Waals surface area contributed by atoms with E-state index >= 15 is 0 Å². The van der Waals surface area contributed by atoms with Gasteiger partial charge in [0.1, 0.15) is 18.3 Å². The Morgan fingerprint density at radius 2 is 2.12 bits per heavy atom. The third-order valence-corrected chi connectivity index (χ3v) is 10.2. The number of fused-ring (bicyclic) bond motifs is 3. The Balaban J connectivity index is 1.51. The highest BCUT2D eigenvalue weighted by Gasteiger charge is 2.86. The van der Waals surface area contributed by atoms with E-state index in [1.807, 2.05) is 0 Å². The van der Waals surface area contributed by atoms with Crippen LogP contribution in [0.2, 0.25) is 0 Å². The number of unbranched alkanes of at least 4 members (excludes halogenated alkanes) is 1. The van der Waals surface area contributed by atoms with Crippen molar-refractivity contribution in [2.45, 2.75) is 83.5 Å². The van der Waals surface area contributed by atoms with Crippen molar-refractivity contribution in [3.63, 3.8) is 0 Å². The van der Waals surface area contributed by atoms with E-state index in [9.17, 15) is 14.7 Å². The Bertz CT molecular complexity index is 853. The lowest BCUT2D eigenvalue weighted by molar-refractivity contribution is -0.162. The predicted molar refractivity (Wildman–Crippen MR) is 121 cm³/mol. The van der Waals surface area contributed by atoms with Crippen LogP contribution in [0.25, 0.3) is 0 Å². The molecule has 0 aromatic rings. The fraction of sp³-hybridized carbons (Fsp3) is 0.840. The summed E-state index contributed by atoms with van der Waals surface area (Å²) in [6, 6.07) is 0. The number of hydrogen-bond donors (Lipinski definition) is 1. The Kier molecular flexibility index (Phi) is 5.58. The average Bonchev–Trinajstić information content (AvgIpc) is 3.25. The number of hydrogen-bond acceptors (Lipinski definition) is 6. The minimum Gasteiger partial charge on any atom is -0.459 e. The summed E-state index contributed by atoms with van der Waals surface area (Å²) < 4.78 is 18.2. The second-order valence-electron chi connectivity index (χ2n) is 11.1. The van der Waals surface area contributed by atoms with Gasteiger partial charge in [-0.1, -0.05) is 36.7 Å². The molecular formula is C25H35BrO6. The molecule has 2 saturated carbocycles. The normalized spacial score (nSPS) is 44.0. The third kappa shape index (κ3) is 2.83. The molecule has 0 amide bonds. The van der Waals surface area contributed by atoms with Gasteiger partial charge in [0.2, 0.25) is 0 Å². The van der Waals surface area contributed by atoms with Gasteiger partial charge in [-0.3, -0.25) is 4.79 Å². The summed E-state index contributed by atoms with van der Waals surface area (Å²) >= 11 is 3.42. The molecule has 5 rings (SSSR count). The summed E-state index contributed by atoms with van der Waals surface area (Å²) in [5.74, 6) is 0.275. The first-order valence-electron chi connectivity index (χ1n) is 12.2. The number of rotatable bonds is 7. The minimum absolute atomic E-state index is 0.00870. The summed E-state index contributed by atoms with van der Waals surface area (Å²) in [6.07, 6.45) is 4.86. The van der Waals surface area contributed by atoms with Crippen LogP contribution in [-0.4, -0.2) is 53.4 Å². The SMILES string of the molecule is CC(C)C1CC2(CO)C3(C)CCC4=C(COC4=O)C3CC3OC32C1OC(=O)CCCCBr. The van der Waals surface area contributed by atoms with Gasteiger partial charge in [0, 0.05) is 28.7 Å². The highest BCUT2D eigenvalue weighted by molar-refractivity contribution is 9.09. The van der Waals surface area contributed by atoms with Gasteiger partial charge in [0.25, 0.3) is 0 Å². The molecule has 0 aromatic heterocycles. The topological polar surface area (TPSA) is 85.4 Å². The number of aliphatic hydroxyl groups is 1. The average molecular weight is 511 g/mol. The van der Waals surface area contributed by atoms with Gasteiger partial charge in [-0.15, -0.1) is 0 Å². The number of epoxide rings is 1. The van der Waals surface area contributed by atoms with Crippen LogP contribution in [-0.2, 0) is 23.8 Å². The van der Waals surface area contributed by atoms with E-state index in [1.165, 1.54) is 0 Å². The second kappa shape index (κ2) is 7.81. The number of aliphatic hydroxyl groups excluding tert-OH is 1. The van der Waals surface area contributed by atoms with Crippen LogP contribution < -0.4 is 0 Å². The lowest BCUT2D eigenvalue weighted by atomic mass is 9.45. The fourth-order valence-electron chi connectivity index (χ4n) is 7.88. The first kappa shape index (κ1) is 22.9. The molecule has 0 bridgehead atoms. The molecule has 7 heteroatoms. The summed E-state index contributed by atoms with van der Waals surface area (Å²) in [6.45, 7) is 7.01. The molecule has 3 fully saturated rings. The Morgan fingerprint density at radius 1 is 1.34 bits per heavy atom. The van der Waals surface area contributed by atoms with E-state index in [2.05, 4.69) is 36.7 Å². The minimum atomic E-state index is -0.617. The molecule has 1 spiro atoms. The molecule has 1 saturated heterocycles. The van der Waals surface area contributed by atoms with Crippen molar-refractivity contribution in [3.05, 3.63) is 11.1 Å². The zero-order valence-corrected chi connectivity index (χ0v) is 20.9. The Labute approximate surface area is 198 Å². The number of ether oxygens (including phenoxy) is 3. The maximum absolute atomic E-state index is 12.8. The first-order chi connectivity index (χ1) is 15.3. The van der Waals surface area contributed by atoms with Crippen LogP contribution in [0, 0.1) is 28.6 Å². The van der Waals surface area contributed by atoms with E-state index in [0.29, 0.717) is 25.4 Å². The van der Waals surface area contributed by atoms with Crippen molar-refractivity contribution in [2.75, 3.05) is 18.5 Å². The summed E-state index contributed by atoms with van der Waals surface area (Å²) in [5, 5.41) is 11.9. The van der Waals surface area contributed by atoms with Crippen LogP contribution in [0.5, 0.6) is 0 Å². The molecule has 6 nitrogen and oxygen atoms in total. The molecular weight excluding hydrogens is 476 g/mol. The Morgan fingerprint density at radius 3 is 2.81 bits per heavy atom. The highest BCUT2D eigenvalue weighted by Crippen LogP contribution is 2.78. The summed E-state index contributed by atoms with van der Waals surface area (Å²) in [4.78, 5) is 25.1. The smallest absolute Gasteiger partial charge is 0.334 e. The van der Waals surface area contributed by atoms with E-state index in [4.69, 9.17) is 14.2 Å². The zero-order valence-electron chi connectivity index (χ0n) is 19.3. The molecule has 7 atom stereocenters. The molecule has 178 valence electrons. The molecule has 7 unspecified atom stereocenters. The van der Waals surface area contributed by atoms with Gasteiger partial charge in [-0.25, -0.2) is 4.79 Å². The third-order valence-electron chi connectivity index (χ3n) is 9.67. The van der Waals surface area contributed by atoms with Crippen molar-refractivity contribution in [2.24, 2.45) is 28.6 Å². The maximum atomic E-state index is 12.8. The van der Waals surface area contributed by atoms with E-state index in [0.717, 1.165) is 48.6 Å². The van der Waals surface area contributed by atoms with Crippen LogP contribution in [0.4, 0.5) is 0 Å². The zero-order chi connectivity index (χ0) is 22.9. The van der Waals surface area contributed by atoms with Crippen molar-refractivity contribution in [1.82, 2.24) is 0 Å². The Hall–Kier alpha value is -0.920. The molecule has 3 aliphatic carbocycles. The lowest BCUT2D eigenvalue weighted by Gasteiger charge is -2.57. The van der Waals surface area contributed by atoms with Crippen molar-refractivity contribution in [3.8, 4) is 0 Å². The molecule has 32 heavy (non-hydrogen) atoms. The summed E-state index contributed by atoms with van der Waals surface area (Å²) in [5.41, 5.74) is 0.632. The number of esters is 2. The molecule has 0 radical (unpaired) electrons. The van der Waals surface area contributed by atoms with Gasteiger partial charge >= 0.3 is 11.9 Å². The number of cyclic esters (lactones) is 1. The molecule has 1 N–H and O–H groups in total. The van der Waals surface area contributed by atoms with Gasteiger partial charge in [-0.2, -0.15) is 0 Å². The van der Waals surface area contributed by atoms with Crippen molar-refractivity contribution >= 4 is 27.9 Å². The monoisotopic (exact) mass is 510 g/mol. The standard InChI is InChI=1S/C25H35BrO6/c1-14(2)16-11-24(13-27)23(3)8-7-15-17(12-30-22(15)29)18(23)10-19-25(24,32-19)21(16)31-20(28)6-4-5-9-26/h14,16,18-19,21,27H,4-13H2,1-3H3. The first-order valence-corrected chi connectivity index (χ1v) is 13.3. The number of carbonyl (C=O) groups excluding carboxylic acids is 2. The quantitative estimate of drug-likeness (QED) is 0.241. The largest absolute Gasteiger partial charge is 0.459 e. The summed E-state index contributed by atoms with van der Waals surface area (Å²) in [7, 11) is 0. The van der Waals surface area contributed by atoms with Gasteiger partial charge in [-0.05, 0) is 61.3 Å². The fourth-order valence-corrected chi connectivity index (χ4v) is 8.28. The predicted octanol–water partition coefficient (Wildman–Crippen LogP) is 3.93. The molecule has 2 aliphatic heterocycles. The van der Waals surface area contributed by atoms with E-state index < -0.39 is 11.0 Å². The van der Waals surface area contributed by atoms with E-state index in [1.54, 1.807) is 0 Å². The van der Waals surface area contributed by atoms with Crippen LogP contribution in [0.3, 0.4) is 0 Å². The number of alkyl halides is 1. The lowest BCUT2D eigenvalue weighted by Crippen LogP contribution is -2.61. The maximum Gasteiger partial charge on any atom is 0.334 e. The van der Waals surface area contributed by atoms with E-state index in [-0.39, 0.29) is 48.0 Å². The van der Waals surface area contributed by atoms with Crippen LogP contribution >= 0.6 is 15.9 Å². The van der Waals surface area contributed by atoms with Gasteiger partial charge in [0.15, 0.2) is 0 Å². The van der Waals surface area contributed by atoms with Crippen molar-refractivity contribution in [1.29, 1.82) is 0 Å². The number of carbonyl (C=O) groups is 2. The molecule has 2 heterocycles. The van der Waals surface area contributed by atoms with Crippen LogP contribution in [0.1, 0.15) is 65.7 Å². The number of halogens is 1. The highest BCUT2D eigenvalue weighted by atomic mass is 79.9. The molecule has 5 aliphatic rings. The van der Waals surface area contributed by atoms with Gasteiger partial charge < -0.3 is 19.3 Å². The van der Waals surface area contributed by atoms with Crippen molar-refractivity contribution < 1.29 is 28.9 Å².